The Morgan fingerprint density at radius 1 is 0.889 bits per heavy atom. The van der Waals surface area contributed by atoms with Crippen LogP contribution in [0.4, 0.5) is 0 Å². The summed E-state index contributed by atoms with van der Waals surface area (Å²) in [6, 6.07) is 11.0. The number of carbonyl (C=O) groups excluding carboxylic acids is 1. The van der Waals surface area contributed by atoms with Crippen LogP contribution in [0.25, 0.3) is 0 Å². The molecular formula is C22H29NO4. The second-order valence-electron chi connectivity index (χ2n) is 6.18. The summed E-state index contributed by atoms with van der Waals surface area (Å²) >= 11 is 0. The molecule has 0 bridgehead atoms. The summed E-state index contributed by atoms with van der Waals surface area (Å²) in [7, 11) is 0. The molecule has 0 unspecified atom stereocenters. The molecule has 0 heterocycles. The number of hydrogen-bond acceptors (Lipinski definition) is 4. The van der Waals surface area contributed by atoms with Gasteiger partial charge in [0.25, 0.3) is 5.91 Å². The van der Waals surface area contributed by atoms with Crippen molar-refractivity contribution in [3.05, 3.63) is 53.1 Å². The number of carbonyl (C=O) groups is 1. The molecule has 0 saturated carbocycles. The first-order valence-electron chi connectivity index (χ1n) is 9.43. The molecule has 1 atom stereocenters. The maximum atomic E-state index is 12.6. The van der Waals surface area contributed by atoms with E-state index in [0.29, 0.717) is 36.9 Å². The van der Waals surface area contributed by atoms with Gasteiger partial charge in [-0.05, 0) is 76.1 Å². The van der Waals surface area contributed by atoms with E-state index in [1.807, 2.05) is 65.0 Å². The van der Waals surface area contributed by atoms with Crippen molar-refractivity contribution in [2.75, 3.05) is 19.8 Å². The molecular weight excluding hydrogens is 342 g/mol. The molecule has 1 amide bonds. The van der Waals surface area contributed by atoms with Crippen LogP contribution in [0.3, 0.4) is 0 Å². The van der Waals surface area contributed by atoms with Gasteiger partial charge in [-0.25, -0.2) is 0 Å². The lowest BCUT2D eigenvalue weighted by molar-refractivity contribution is 0.0939. The van der Waals surface area contributed by atoms with Crippen LogP contribution in [0.5, 0.6) is 17.2 Å². The lowest BCUT2D eigenvalue weighted by Crippen LogP contribution is -2.26. The predicted molar refractivity (Wildman–Crippen MR) is 107 cm³/mol. The first kappa shape index (κ1) is 20.6. The van der Waals surface area contributed by atoms with Gasteiger partial charge in [0.05, 0.1) is 25.9 Å². The Hall–Kier alpha value is -2.69. The van der Waals surface area contributed by atoms with Crippen molar-refractivity contribution in [3.8, 4) is 17.2 Å². The van der Waals surface area contributed by atoms with Crippen molar-refractivity contribution in [1.29, 1.82) is 0 Å². The van der Waals surface area contributed by atoms with Crippen molar-refractivity contribution >= 4 is 5.91 Å². The fourth-order valence-corrected chi connectivity index (χ4v) is 2.81. The fourth-order valence-electron chi connectivity index (χ4n) is 2.81. The van der Waals surface area contributed by atoms with Crippen LogP contribution in [0.15, 0.2) is 36.4 Å². The number of hydrogen-bond donors (Lipinski definition) is 1. The van der Waals surface area contributed by atoms with Crippen LogP contribution in [0, 0.1) is 6.92 Å². The highest BCUT2D eigenvalue weighted by Crippen LogP contribution is 2.31. The fraction of sp³-hybridized carbons (Fsp3) is 0.409. The summed E-state index contributed by atoms with van der Waals surface area (Å²) < 4.78 is 16.8. The van der Waals surface area contributed by atoms with Crippen LogP contribution >= 0.6 is 0 Å². The summed E-state index contributed by atoms with van der Waals surface area (Å²) in [6.45, 7) is 11.4. The molecule has 1 N–H and O–H groups in total. The Morgan fingerprint density at radius 3 is 2.11 bits per heavy atom. The summed E-state index contributed by atoms with van der Waals surface area (Å²) in [5, 5.41) is 3.04. The molecule has 0 aromatic heterocycles. The SMILES string of the molecule is CCOc1ccc(C(=O)N[C@H](C)c2ccc(OCC)c(OCC)c2)cc1C. The zero-order valence-corrected chi connectivity index (χ0v) is 16.8. The van der Waals surface area contributed by atoms with Gasteiger partial charge < -0.3 is 19.5 Å². The van der Waals surface area contributed by atoms with E-state index in [4.69, 9.17) is 14.2 Å². The number of aryl methyl sites for hydroxylation is 1. The normalized spacial score (nSPS) is 11.6. The zero-order valence-electron chi connectivity index (χ0n) is 16.8. The molecule has 0 aliphatic heterocycles. The van der Waals surface area contributed by atoms with E-state index >= 15 is 0 Å². The number of amides is 1. The third-order valence-electron chi connectivity index (χ3n) is 4.15. The zero-order chi connectivity index (χ0) is 19.8. The molecule has 2 aromatic rings. The van der Waals surface area contributed by atoms with Crippen molar-refractivity contribution in [2.45, 2.75) is 40.7 Å². The standard InChI is InChI=1S/C22H29NO4/c1-6-25-19-11-10-18(13-15(19)4)22(24)23-16(5)17-9-12-20(26-7-2)21(14-17)27-8-3/h9-14,16H,6-8H2,1-5H3,(H,23,24)/t16-/m1/s1. The van der Waals surface area contributed by atoms with E-state index in [0.717, 1.165) is 16.9 Å². The number of ether oxygens (including phenoxy) is 3. The summed E-state index contributed by atoms with van der Waals surface area (Å²) in [5.41, 5.74) is 2.51. The van der Waals surface area contributed by atoms with E-state index in [2.05, 4.69) is 5.32 Å². The summed E-state index contributed by atoms with van der Waals surface area (Å²) in [5.74, 6) is 2.08. The largest absolute Gasteiger partial charge is 0.494 e. The van der Waals surface area contributed by atoms with Gasteiger partial charge in [-0.2, -0.15) is 0 Å². The topological polar surface area (TPSA) is 56.8 Å². The number of nitrogens with one attached hydrogen (secondary N) is 1. The molecule has 0 aliphatic rings. The van der Waals surface area contributed by atoms with E-state index < -0.39 is 0 Å². The van der Waals surface area contributed by atoms with E-state index in [-0.39, 0.29) is 11.9 Å². The van der Waals surface area contributed by atoms with E-state index in [1.165, 1.54) is 0 Å². The van der Waals surface area contributed by atoms with Gasteiger partial charge in [-0.1, -0.05) is 6.07 Å². The molecule has 0 spiro atoms. The van der Waals surface area contributed by atoms with Gasteiger partial charge >= 0.3 is 0 Å². The highest BCUT2D eigenvalue weighted by Gasteiger charge is 2.15. The minimum atomic E-state index is -0.167. The van der Waals surface area contributed by atoms with Crippen molar-refractivity contribution in [1.82, 2.24) is 5.32 Å². The van der Waals surface area contributed by atoms with Crippen LogP contribution in [-0.2, 0) is 0 Å². The lowest BCUT2D eigenvalue weighted by atomic mass is 10.1. The third-order valence-corrected chi connectivity index (χ3v) is 4.15. The molecule has 146 valence electrons. The number of benzene rings is 2. The average Bonchev–Trinajstić information content (AvgIpc) is 2.65. The Labute approximate surface area is 161 Å². The second kappa shape index (κ2) is 9.86. The Kier molecular flexibility index (Phi) is 7.53. The number of rotatable bonds is 9. The molecule has 5 nitrogen and oxygen atoms in total. The predicted octanol–water partition coefficient (Wildman–Crippen LogP) is 4.68. The molecule has 27 heavy (non-hydrogen) atoms. The van der Waals surface area contributed by atoms with Gasteiger partial charge in [0.15, 0.2) is 11.5 Å². The van der Waals surface area contributed by atoms with Gasteiger partial charge in [0, 0.05) is 5.56 Å². The van der Waals surface area contributed by atoms with Crippen LogP contribution < -0.4 is 19.5 Å². The van der Waals surface area contributed by atoms with Crippen LogP contribution in [-0.4, -0.2) is 25.7 Å². The van der Waals surface area contributed by atoms with Crippen molar-refractivity contribution < 1.29 is 19.0 Å². The molecule has 5 heteroatoms. The van der Waals surface area contributed by atoms with E-state index in [1.54, 1.807) is 6.07 Å². The monoisotopic (exact) mass is 371 g/mol. The summed E-state index contributed by atoms with van der Waals surface area (Å²) in [6.07, 6.45) is 0. The van der Waals surface area contributed by atoms with E-state index in [9.17, 15) is 4.79 Å². The highest BCUT2D eigenvalue weighted by atomic mass is 16.5. The first-order valence-corrected chi connectivity index (χ1v) is 9.43. The minimum Gasteiger partial charge on any atom is -0.494 e. The van der Waals surface area contributed by atoms with Gasteiger partial charge in [-0.3, -0.25) is 4.79 Å². The molecule has 2 aromatic carbocycles. The van der Waals surface area contributed by atoms with Gasteiger partial charge in [-0.15, -0.1) is 0 Å². The Morgan fingerprint density at radius 2 is 1.48 bits per heavy atom. The molecule has 0 radical (unpaired) electrons. The maximum absolute atomic E-state index is 12.6. The van der Waals surface area contributed by atoms with Crippen molar-refractivity contribution in [3.63, 3.8) is 0 Å². The Balaban J connectivity index is 2.14. The minimum absolute atomic E-state index is 0.125. The van der Waals surface area contributed by atoms with Crippen LogP contribution in [0.2, 0.25) is 0 Å². The third kappa shape index (κ3) is 5.39. The quantitative estimate of drug-likeness (QED) is 0.695. The molecule has 0 fully saturated rings. The molecule has 2 rings (SSSR count). The Bertz CT molecular complexity index is 773. The highest BCUT2D eigenvalue weighted by molar-refractivity contribution is 5.94. The van der Waals surface area contributed by atoms with Gasteiger partial charge in [0.2, 0.25) is 0 Å². The first-order chi connectivity index (χ1) is 13.0. The average molecular weight is 371 g/mol. The van der Waals surface area contributed by atoms with Crippen molar-refractivity contribution in [2.24, 2.45) is 0 Å². The second-order valence-corrected chi connectivity index (χ2v) is 6.18. The molecule has 0 aliphatic carbocycles. The lowest BCUT2D eigenvalue weighted by Gasteiger charge is -2.18. The van der Waals surface area contributed by atoms with Crippen LogP contribution in [0.1, 0.15) is 55.2 Å². The maximum Gasteiger partial charge on any atom is 0.251 e. The van der Waals surface area contributed by atoms with Gasteiger partial charge in [0.1, 0.15) is 5.75 Å². The summed E-state index contributed by atoms with van der Waals surface area (Å²) in [4.78, 5) is 12.6. The molecule has 0 saturated heterocycles. The smallest absolute Gasteiger partial charge is 0.251 e.